The topological polar surface area (TPSA) is 90.0 Å². The van der Waals surface area contributed by atoms with Crippen LogP contribution in [0.4, 0.5) is 0 Å². The van der Waals surface area contributed by atoms with Gasteiger partial charge in [0.2, 0.25) is 5.88 Å². The summed E-state index contributed by atoms with van der Waals surface area (Å²) in [5, 5.41) is 11.5. The van der Waals surface area contributed by atoms with Crippen LogP contribution in [-0.4, -0.2) is 35.3 Å². The van der Waals surface area contributed by atoms with Gasteiger partial charge in [-0.25, -0.2) is 4.98 Å². The normalized spacial score (nSPS) is 17.2. The smallest absolute Gasteiger partial charge is 0.225 e. The number of ether oxygens (including phenoxy) is 2. The van der Waals surface area contributed by atoms with Crippen molar-refractivity contribution in [3.63, 3.8) is 0 Å². The Kier molecular flexibility index (Phi) is 2.68. The van der Waals surface area contributed by atoms with Gasteiger partial charge in [0.1, 0.15) is 6.10 Å². The van der Waals surface area contributed by atoms with Gasteiger partial charge in [0, 0.05) is 6.20 Å². The minimum Gasteiger partial charge on any atom is -0.469 e. The lowest BCUT2D eigenvalue weighted by Gasteiger charge is -2.26. The highest BCUT2D eigenvalue weighted by atomic mass is 16.6. The van der Waals surface area contributed by atoms with Gasteiger partial charge in [0.15, 0.2) is 5.84 Å². The number of oxime groups is 1. The molecule has 0 atom stereocenters. The van der Waals surface area contributed by atoms with Gasteiger partial charge in [-0.15, -0.1) is 0 Å². The molecule has 1 aliphatic heterocycles. The molecule has 80 valence electrons. The molecule has 3 N–H and O–H groups in total. The van der Waals surface area contributed by atoms with E-state index in [1.807, 2.05) is 0 Å². The number of aromatic nitrogens is 1. The number of hydrogen-bond donors (Lipinski definition) is 2. The van der Waals surface area contributed by atoms with Crippen molar-refractivity contribution in [2.75, 3.05) is 13.2 Å². The second-order valence-corrected chi connectivity index (χ2v) is 3.12. The van der Waals surface area contributed by atoms with E-state index < -0.39 is 0 Å². The van der Waals surface area contributed by atoms with Gasteiger partial charge >= 0.3 is 0 Å². The minimum absolute atomic E-state index is 0.00476. The minimum atomic E-state index is -0.0154. The van der Waals surface area contributed by atoms with Crippen LogP contribution < -0.4 is 10.5 Å². The monoisotopic (exact) mass is 209 g/mol. The molecule has 6 heteroatoms. The first-order valence-corrected chi connectivity index (χ1v) is 4.48. The highest BCUT2D eigenvalue weighted by Crippen LogP contribution is 2.18. The number of amidine groups is 1. The van der Waals surface area contributed by atoms with Gasteiger partial charge in [-0.3, -0.25) is 0 Å². The van der Waals surface area contributed by atoms with Crippen molar-refractivity contribution in [2.24, 2.45) is 10.9 Å². The maximum absolute atomic E-state index is 8.57. The third-order valence-electron chi connectivity index (χ3n) is 2.04. The molecule has 1 aromatic rings. The van der Waals surface area contributed by atoms with E-state index >= 15 is 0 Å². The molecule has 6 nitrogen and oxygen atoms in total. The second kappa shape index (κ2) is 4.14. The van der Waals surface area contributed by atoms with Gasteiger partial charge in [-0.05, 0) is 12.1 Å². The SMILES string of the molecule is N/C(=N/O)c1cccnc1OC1COC1. The largest absolute Gasteiger partial charge is 0.469 e. The molecular formula is C9H11N3O3. The average Bonchev–Trinajstić information content (AvgIpc) is 2.23. The molecule has 0 aliphatic carbocycles. The lowest BCUT2D eigenvalue weighted by molar-refractivity contribution is -0.0814. The Morgan fingerprint density at radius 2 is 2.47 bits per heavy atom. The third-order valence-corrected chi connectivity index (χ3v) is 2.04. The Labute approximate surface area is 86.3 Å². The summed E-state index contributed by atoms with van der Waals surface area (Å²) in [6, 6.07) is 3.37. The molecule has 0 unspecified atom stereocenters. The summed E-state index contributed by atoms with van der Waals surface area (Å²) in [5.74, 6) is 0.347. The van der Waals surface area contributed by atoms with Crippen molar-refractivity contribution in [3.05, 3.63) is 23.9 Å². The van der Waals surface area contributed by atoms with Crippen molar-refractivity contribution < 1.29 is 14.7 Å². The van der Waals surface area contributed by atoms with E-state index in [1.165, 1.54) is 0 Å². The molecule has 0 radical (unpaired) electrons. The van der Waals surface area contributed by atoms with Crippen LogP contribution in [0.15, 0.2) is 23.5 Å². The maximum atomic E-state index is 8.57. The molecule has 15 heavy (non-hydrogen) atoms. The lowest BCUT2D eigenvalue weighted by Crippen LogP contribution is -2.39. The highest BCUT2D eigenvalue weighted by Gasteiger charge is 2.22. The maximum Gasteiger partial charge on any atom is 0.225 e. The van der Waals surface area contributed by atoms with Crippen LogP contribution in [0.2, 0.25) is 0 Å². The molecule has 0 bridgehead atoms. The van der Waals surface area contributed by atoms with Gasteiger partial charge in [-0.1, -0.05) is 5.16 Å². The summed E-state index contributed by atoms with van der Waals surface area (Å²) in [5.41, 5.74) is 5.96. The van der Waals surface area contributed by atoms with Crippen LogP contribution in [-0.2, 0) is 4.74 Å². The van der Waals surface area contributed by atoms with E-state index in [9.17, 15) is 0 Å². The fraction of sp³-hybridized carbons (Fsp3) is 0.333. The predicted molar refractivity (Wildman–Crippen MR) is 52.0 cm³/mol. The molecule has 1 fully saturated rings. The number of nitrogens with zero attached hydrogens (tertiary/aromatic N) is 2. The molecule has 1 aliphatic rings. The summed E-state index contributed by atoms with van der Waals surface area (Å²) in [6.45, 7) is 1.10. The van der Waals surface area contributed by atoms with Gasteiger partial charge in [0.25, 0.3) is 0 Å². The van der Waals surface area contributed by atoms with E-state index in [0.29, 0.717) is 24.7 Å². The average molecular weight is 209 g/mol. The van der Waals surface area contributed by atoms with E-state index in [-0.39, 0.29) is 11.9 Å². The Bertz CT molecular complexity index is 377. The molecule has 1 saturated heterocycles. The zero-order valence-electron chi connectivity index (χ0n) is 7.96. The summed E-state index contributed by atoms with van der Waals surface area (Å²) >= 11 is 0. The van der Waals surface area contributed by atoms with Gasteiger partial charge < -0.3 is 20.4 Å². The number of nitrogens with two attached hydrogens (primary N) is 1. The Balaban J connectivity index is 2.20. The lowest BCUT2D eigenvalue weighted by atomic mass is 10.2. The molecule has 0 saturated carbocycles. The molecular weight excluding hydrogens is 198 g/mol. The van der Waals surface area contributed by atoms with Crippen molar-refractivity contribution in [1.82, 2.24) is 4.98 Å². The predicted octanol–water partition coefficient (Wildman–Crippen LogP) is -0.0463. The molecule has 0 aromatic carbocycles. The number of rotatable bonds is 3. The molecule has 0 amide bonds. The molecule has 2 rings (SSSR count). The van der Waals surface area contributed by atoms with Crippen molar-refractivity contribution in [3.8, 4) is 5.88 Å². The van der Waals surface area contributed by atoms with Crippen LogP contribution in [0.1, 0.15) is 5.56 Å². The van der Waals surface area contributed by atoms with Crippen molar-refractivity contribution in [2.45, 2.75) is 6.10 Å². The van der Waals surface area contributed by atoms with Crippen LogP contribution >= 0.6 is 0 Å². The second-order valence-electron chi connectivity index (χ2n) is 3.12. The van der Waals surface area contributed by atoms with Crippen LogP contribution in [0.25, 0.3) is 0 Å². The molecule has 2 heterocycles. The summed E-state index contributed by atoms with van der Waals surface area (Å²) < 4.78 is 10.5. The fourth-order valence-corrected chi connectivity index (χ4v) is 1.17. The zero-order chi connectivity index (χ0) is 10.7. The Morgan fingerprint density at radius 3 is 3.07 bits per heavy atom. The number of hydrogen-bond acceptors (Lipinski definition) is 5. The fourth-order valence-electron chi connectivity index (χ4n) is 1.17. The van der Waals surface area contributed by atoms with E-state index in [4.69, 9.17) is 20.4 Å². The first kappa shape index (κ1) is 9.72. The van der Waals surface area contributed by atoms with Gasteiger partial charge in [0.05, 0.1) is 18.8 Å². The van der Waals surface area contributed by atoms with Crippen molar-refractivity contribution >= 4 is 5.84 Å². The quantitative estimate of drug-likeness (QED) is 0.315. The van der Waals surface area contributed by atoms with Gasteiger partial charge in [-0.2, -0.15) is 0 Å². The van der Waals surface area contributed by atoms with Crippen molar-refractivity contribution in [1.29, 1.82) is 0 Å². The number of pyridine rings is 1. The van der Waals surface area contributed by atoms with E-state index in [1.54, 1.807) is 18.3 Å². The van der Waals surface area contributed by atoms with E-state index in [0.717, 1.165) is 0 Å². The van der Waals surface area contributed by atoms with Crippen LogP contribution in [0.3, 0.4) is 0 Å². The first-order chi connectivity index (χ1) is 7.31. The third kappa shape index (κ3) is 1.99. The Hall–Kier alpha value is -1.82. The summed E-state index contributed by atoms with van der Waals surface area (Å²) in [7, 11) is 0. The molecule has 1 aromatic heterocycles. The summed E-state index contributed by atoms with van der Waals surface area (Å²) in [6.07, 6.45) is 1.59. The van der Waals surface area contributed by atoms with Crippen LogP contribution in [0, 0.1) is 0 Å². The molecule has 0 spiro atoms. The van der Waals surface area contributed by atoms with Crippen LogP contribution in [0.5, 0.6) is 5.88 Å². The highest BCUT2D eigenvalue weighted by molar-refractivity contribution is 5.98. The van der Waals surface area contributed by atoms with E-state index in [2.05, 4.69) is 10.1 Å². The first-order valence-electron chi connectivity index (χ1n) is 4.48. The summed E-state index contributed by atoms with van der Waals surface area (Å²) in [4.78, 5) is 4.02. The standard InChI is InChI=1S/C9H11N3O3/c10-8(12-13)7-2-1-3-11-9(7)15-6-4-14-5-6/h1-3,6,13H,4-5H2,(H2,10,12). The Morgan fingerprint density at radius 1 is 1.67 bits per heavy atom. The zero-order valence-corrected chi connectivity index (χ0v) is 7.96.